The van der Waals surface area contributed by atoms with Crippen LogP contribution in [0, 0.1) is 0 Å². The molecule has 4 aromatic carbocycles. The Labute approximate surface area is 170 Å². The maximum atomic E-state index is 2.39. The summed E-state index contributed by atoms with van der Waals surface area (Å²) in [7, 11) is 2.15. The quantitative estimate of drug-likeness (QED) is 0.357. The van der Waals surface area contributed by atoms with Crippen molar-refractivity contribution in [3.63, 3.8) is 0 Å². The zero-order valence-corrected chi connectivity index (χ0v) is 16.3. The number of anilines is 3. The van der Waals surface area contributed by atoms with Crippen molar-refractivity contribution < 1.29 is 0 Å². The summed E-state index contributed by atoms with van der Waals surface area (Å²) in [6.07, 6.45) is 0. The van der Waals surface area contributed by atoms with Crippen LogP contribution in [0.5, 0.6) is 0 Å². The Balaban J connectivity index is 1.62. The van der Waals surface area contributed by atoms with Crippen LogP contribution in [-0.2, 0) is 0 Å². The average molecular weight is 375 g/mol. The molecule has 0 saturated carbocycles. The first-order valence-corrected chi connectivity index (χ1v) is 9.97. The van der Waals surface area contributed by atoms with E-state index in [9.17, 15) is 0 Å². The van der Waals surface area contributed by atoms with Gasteiger partial charge >= 0.3 is 0 Å². The average Bonchev–Trinajstić information content (AvgIpc) is 3.29. The molecule has 140 valence electrons. The minimum atomic E-state index is 0.858. The summed E-state index contributed by atoms with van der Waals surface area (Å²) in [6, 6.07) is 34.8. The maximum Gasteiger partial charge on any atom is 0.0950 e. The molecule has 29 heavy (non-hydrogen) atoms. The number of rotatable bonds is 2. The zero-order chi connectivity index (χ0) is 19.4. The lowest BCUT2D eigenvalue weighted by atomic mass is 10.1. The first kappa shape index (κ1) is 16.3. The summed E-state index contributed by atoms with van der Waals surface area (Å²) in [4.78, 5) is 4.69. The number of fused-ring (bicyclic) bond motifs is 4. The summed E-state index contributed by atoms with van der Waals surface area (Å²) < 4.78 is 2.37. The van der Waals surface area contributed by atoms with Crippen molar-refractivity contribution in [1.29, 1.82) is 0 Å². The molecular weight excluding hydrogens is 354 g/mol. The summed E-state index contributed by atoms with van der Waals surface area (Å²) in [5.74, 6) is 0. The molecule has 3 heteroatoms. The van der Waals surface area contributed by atoms with Crippen molar-refractivity contribution in [1.82, 2.24) is 4.57 Å². The standard InChI is InChI=1S/C26H21N3/c1-27-18-28(25-14-8-7-13-24(25)27)20-15-16-22-21-11-5-6-12-23(21)29(26(22)17-20)19-9-3-2-4-10-19/h2-17H,18H2,1H3. The molecule has 1 aliphatic heterocycles. The normalized spacial score (nSPS) is 13.4. The van der Waals surface area contributed by atoms with Crippen LogP contribution in [0.3, 0.4) is 0 Å². The first-order valence-electron chi connectivity index (χ1n) is 9.97. The highest BCUT2D eigenvalue weighted by Crippen LogP contribution is 2.41. The van der Waals surface area contributed by atoms with Gasteiger partial charge in [-0.05, 0) is 42.5 Å². The molecule has 0 fully saturated rings. The van der Waals surface area contributed by atoms with Gasteiger partial charge in [-0.1, -0.05) is 54.6 Å². The van der Waals surface area contributed by atoms with Gasteiger partial charge in [0.15, 0.2) is 0 Å². The van der Waals surface area contributed by atoms with Gasteiger partial charge in [0.2, 0.25) is 0 Å². The minimum absolute atomic E-state index is 0.858. The second-order valence-corrected chi connectivity index (χ2v) is 7.65. The van der Waals surface area contributed by atoms with E-state index in [1.165, 1.54) is 44.6 Å². The van der Waals surface area contributed by atoms with Crippen molar-refractivity contribution >= 4 is 38.9 Å². The summed E-state index contributed by atoms with van der Waals surface area (Å²) in [6.45, 7) is 0.858. The first-order chi connectivity index (χ1) is 14.3. The molecule has 0 aliphatic carbocycles. The van der Waals surface area contributed by atoms with Crippen LogP contribution in [0.2, 0.25) is 0 Å². The Bertz CT molecular complexity index is 1350. The minimum Gasteiger partial charge on any atom is -0.355 e. The van der Waals surface area contributed by atoms with Crippen LogP contribution < -0.4 is 9.80 Å². The van der Waals surface area contributed by atoms with Crippen LogP contribution in [0.15, 0.2) is 97.1 Å². The Kier molecular flexibility index (Phi) is 3.44. The molecule has 0 saturated heterocycles. The second-order valence-electron chi connectivity index (χ2n) is 7.65. The van der Waals surface area contributed by atoms with Crippen LogP contribution in [0.25, 0.3) is 27.5 Å². The van der Waals surface area contributed by atoms with Gasteiger partial charge in [0.25, 0.3) is 0 Å². The topological polar surface area (TPSA) is 11.4 Å². The number of nitrogens with zero attached hydrogens (tertiary/aromatic N) is 3. The molecule has 5 aromatic rings. The van der Waals surface area contributed by atoms with Gasteiger partial charge in [0, 0.05) is 29.2 Å². The SMILES string of the molecule is CN1CN(c2ccc3c4ccccc4n(-c4ccccc4)c3c2)c2ccccc21. The fourth-order valence-corrected chi connectivity index (χ4v) is 4.58. The van der Waals surface area contributed by atoms with E-state index in [-0.39, 0.29) is 0 Å². The number of hydrogen-bond acceptors (Lipinski definition) is 2. The van der Waals surface area contributed by atoms with Crippen LogP contribution in [-0.4, -0.2) is 18.3 Å². The summed E-state index contributed by atoms with van der Waals surface area (Å²) in [5.41, 5.74) is 7.42. The lowest BCUT2D eigenvalue weighted by molar-refractivity contribution is 0.950. The molecule has 0 atom stereocenters. The molecule has 0 unspecified atom stereocenters. The predicted molar refractivity (Wildman–Crippen MR) is 123 cm³/mol. The Morgan fingerprint density at radius 2 is 1.28 bits per heavy atom. The van der Waals surface area contributed by atoms with E-state index < -0.39 is 0 Å². The Morgan fingerprint density at radius 1 is 0.586 bits per heavy atom. The van der Waals surface area contributed by atoms with Crippen molar-refractivity contribution in [2.75, 3.05) is 23.5 Å². The Morgan fingerprint density at radius 3 is 2.14 bits per heavy atom. The third kappa shape index (κ3) is 2.37. The van der Waals surface area contributed by atoms with E-state index in [2.05, 4.69) is 118 Å². The largest absolute Gasteiger partial charge is 0.355 e. The van der Waals surface area contributed by atoms with E-state index in [0.29, 0.717) is 0 Å². The van der Waals surface area contributed by atoms with Crippen molar-refractivity contribution in [3.8, 4) is 5.69 Å². The third-order valence-corrected chi connectivity index (χ3v) is 5.92. The van der Waals surface area contributed by atoms with Gasteiger partial charge in [-0.3, -0.25) is 0 Å². The van der Waals surface area contributed by atoms with Gasteiger partial charge in [0.1, 0.15) is 0 Å². The van der Waals surface area contributed by atoms with Gasteiger partial charge < -0.3 is 14.4 Å². The van der Waals surface area contributed by atoms with Gasteiger partial charge in [0.05, 0.1) is 29.1 Å². The second kappa shape index (κ2) is 6.14. The van der Waals surface area contributed by atoms with E-state index in [1.54, 1.807) is 0 Å². The van der Waals surface area contributed by atoms with Crippen LogP contribution in [0.4, 0.5) is 17.1 Å². The van der Waals surface area contributed by atoms with E-state index >= 15 is 0 Å². The zero-order valence-electron chi connectivity index (χ0n) is 16.3. The predicted octanol–water partition coefficient (Wildman–Crippen LogP) is 6.33. The highest BCUT2D eigenvalue weighted by Gasteiger charge is 2.24. The van der Waals surface area contributed by atoms with E-state index in [4.69, 9.17) is 0 Å². The van der Waals surface area contributed by atoms with E-state index in [1.807, 2.05) is 0 Å². The summed E-state index contributed by atoms with van der Waals surface area (Å²) in [5, 5.41) is 2.57. The molecular formula is C26H21N3. The molecule has 1 aromatic heterocycles. The molecule has 3 nitrogen and oxygen atoms in total. The molecule has 6 rings (SSSR count). The molecule has 0 bridgehead atoms. The van der Waals surface area contributed by atoms with Crippen molar-refractivity contribution in [2.45, 2.75) is 0 Å². The van der Waals surface area contributed by atoms with E-state index in [0.717, 1.165) is 6.67 Å². The van der Waals surface area contributed by atoms with Crippen molar-refractivity contribution in [2.24, 2.45) is 0 Å². The molecule has 1 aliphatic rings. The van der Waals surface area contributed by atoms with Gasteiger partial charge in [-0.2, -0.15) is 0 Å². The van der Waals surface area contributed by atoms with Gasteiger partial charge in [-0.25, -0.2) is 0 Å². The molecule has 0 radical (unpaired) electrons. The highest BCUT2D eigenvalue weighted by molar-refractivity contribution is 6.10. The lowest BCUT2D eigenvalue weighted by Crippen LogP contribution is -2.23. The van der Waals surface area contributed by atoms with Gasteiger partial charge in [-0.15, -0.1) is 0 Å². The number of hydrogen-bond donors (Lipinski definition) is 0. The molecule has 0 spiro atoms. The number of para-hydroxylation sites is 4. The number of aromatic nitrogens is 1. The third-order valence-electron chi connectivity index (χ3n) is 5.92. The molecule has 0 N–H and O–H groups in total. The Hall–Kier alpha value is -3.72. The lowest BCUT2D eigenvalue weighted by Gasteiger charge is -2.20. The molecule has 2 heterocycles. The summed E-state index contributed by atoms with van der Waals surface area (Å²) >= 11 is 0. The number of benzene rings is 4. The maximum absolute atomic E-state index is 2.39. The van der Waals surface area contributed by atoms with Crippen LogP contribution in [0.1, 0.15) is 0 Å². The fraction of sp³-hybridized carbons (Fsp3) is 0.0769. The molecule has 0 amide bonds. The monoisotopic (exact) mass is 375 g/mol. The highest BCUT2D eigenvalue weighted by atomic mass is 15.4. The van der Waals surface area contributed by atoms with Crippen LogP contribution >= 0.6 is 0 Å². The smallest absolute Gasteiger partial charge is 0.0950 e. The fourth-order valence-electron chi connectivity index (χ4n) is 4.58. The van der Waals surface area contributed by atoms with Crippen molar-refractivity contribution in [3.05, 3.63) is 97.1 Å².